The van der Waals surface area contributed by atoms with E-state index in [4.69, 9.17) is 0 Å². The Morgan fingerprint density at radius 2 is 1.84 bits per heavy atom. The van der Waals surface area contributed by atoms with E-state index in [1.54, 1.807) is 18.2 Å². The molecule has 0 radical (unpaired) electrons. The van der Waals surface area contributed by atoms with Crippen molar-refractivity contribution in [3.8, 4) is 0 Å². The standard InChI is InChI=1S/C19H15N3O2S/c1-22-10-14(12-6-3-5-9-16(12)22)17(23)11-25-19-20-15-8-4-2-7-13(15)18(24)21-19/h2-10H,11H2,1H3,(H,20,21,24). The summed E-state index contributed by atoms with van der Waals surface area (Å²) in [6.07, 6.45) is 1.85. The Balaban J connectivity index is 1.60. The molecule has 6 heteroatoms. The molecule has 0 bridgehead atoms. The van der Waals surface area contributed by atoms with Gasteiger partial charge in [0.15, 0.2) is 10.9 Å². The van der Waals surface area contributed by atoms with Crippen molar-refractivity contribution >= 4 is 39.4 Å². The number of aromatic amines is 1. The van der Waals surface area contributed by atoms with Crippen LogP contribution in [0.5, 0.6) is 0 Å². The van der Waals surface area contributed by atoms with Gasteiger partial charge in [-0.15, -0.1) is 0 Å². The van der Waals surface area contributed by atoms with E-state index in [0.29, 0.717) is 21.6 Å². The lowest BCUT2D eigenvalue weighted by Crippen LogP contribution is -2.10. The number of nitrogens with one attached hydrogen (secondary N) is 1. The molecule has 0 aliphatic carbocycles. The van der Waals surface area contributed by atoms with Crippen LogP contribution in [-0.2, 0) is 7.05 Å². The first-order valence-corrected chi connectivity index (χ1v) is 8.81. The minimum absolute atomic E-state index is 0.0117. The number of ketones is 1. The number of fused-ring (bicyclic) bond motifs is 2. The predicted octanol–water partition coefficient (Wildman–Crippen LogP) is 3.39. The average molecular weight is 349 g/mol. The van der Waals surface area contributed by atoms with Gasteiger partial charge in [0.05, 0.1) is 16.7 Å². The molecule has 2 heterocycles. The minimum Gasteiger partial charge on any atom is -0.350 e. The number of hydrogen-bond donors (Lipinski definition) is 1. The summed E-state index contributed by atoms with van der Waals surface area (Å²) in [6.45, 7) is 0. The van der Waals surface area contributed by atoms with E-state index >= 15 is 0 Å². The maximum Gasteiger partial charge on any atom is 0.259 e. The molecule has 5 nitrogen and oxygen atoms in total. The topological polar surface area (TPSA) is 67.8 Å². The molecule has 0 fully saturated rings. The molecular formula is C19H15N3O2S. The number of rotatable bonds is 4. The zero-order valence-electron chi connectivity index (χ0n) is 13.5. The van der Waals surface area contributed by atoms with Gasteiger partial charge in [0.1, 0.15) is 0 Å². The third kappa shape index (κ3) is 2.85. The number of thioether (sulfide) groups is 1. The quantitative estimate of drug-likeness (QED) is 0.348. The van der Waals surface area contributed by atoms with Crippen LogP contribution in [-0.4, -0.2) is 26.1 Å². The first kappa shape index (κ1) is 15.7. The molecule has 25 heavy (non-hydrogen) atoms. The molecule has 2 aromatic carbocycles. The van der Waals surface area contributed by atoms with Crippen LogP contribution < -0.4 is 5.56 Å². The molecule has 0 aliphatic rings. The maximum absolute atomic E-state index is 12.6. The SMILES string of the molecule is Cn1cc(C(=O)CSc2nc3ccccc3c(=O)[nH]2)c2ccccc21. The average Bonchev–Trinajstić information content (AvgIpc) is 2.97. The number of hydrogen-bond acceptors (Lipinski definition) is 4. The van der Waals surface area contributed by atoms with Crippen molar-refractivity contribution in [1.82, 2.24) is 14.5 Å². The van der Waals surface area contributed by atoms with Crippen molar-refractivity contribution in [1.29, 1.82) is 0 Å². The molecule has 0 atom stereocenters. The number of para-hydroxylation sites is 2. The van der Waals surface area contributed by atoms with Gasteiger partial charge in [-0.3, -0.25) is 9.59 Å². The largest absolute Gasteiger partial charge is 0.350 e. The number of carbonyl (C=O) groups is 1. The summed E-state index contributed by atoms with van der Waals surface area (Å²) in [7, 11) is 1.93. The zero-order valence-corrected chi connectivity index (χ0v) is 14.3. The lowest BCUT2D eigenvalue weighted by molar-refractivity contribution is 0.102. The van der Waals surface area contributed by atoms with E-state index in [2.05, 4.69) is 9.97 Å². The molecule has 0 spiro atoms. The van der Waals surface area contributed by atoms with Gasteiger partial charge in [-0.2, -0.15) is 0 Å². The van der Waals surface area contributed by atoms with Crippen LogP contribution in [0.2, 0.25) is 0 Å². The van der Waals surface area contributed by atoms with Crippen LogP contribution in [0, 0.1) is 0 Å². The summed E-state index contributed by atoms with van der Waals surface area (Å²) in [4.78, 5) is 31.9. The maximum atomic E-state index is 12.6. The highest BCUT2D eigenvalue weighted by molar-refractivity contribution is 7.99. The van der Waals surface area contributed by atoms with Gasteiger partial charge in [-0.1, -0.05) is 42.1 Å². The van der Waals surface area contributed by atoms with Crippen molar-refractivity contribution in [3.63, 3.8) is 0 Å². The molecule has 4 rings (SSSR count). The van der Waals surface area contributed by atoms with Crippen LogP contribution in [0.25, 0.3) is 21.8 Å². The number of carbonyl (C=O) groups excluding carboxylic acids is 1. The van der Waals surface area contributed by atoms with Crippen LogP contribution in [0.15, 0.2) is 64.7 Å². The predicted molar refractivity (Wildman–Crippen MR) is 100 cm³/mol. The van der Waals surface area contributed by atoms with E-state index in [0.717, 1.165) is 10.9 Å². The van der Waals surface area contributed by atoms with Gasteiger partial charge in [0, 0.05) is 29.7 Å². The Labute approximate surface area is 147 Å². The first-order chi connectivity index (χ1) is 12.1. The van der Waals surface area contributed by atoms with Crippen molar-refractivity contribution in [2.45, 2.75) is 5.16 Å². The number of H-pyrrole nitrogens is 1. The van der Waals surface area contributed by atoms with Crippen LogP contribution in [0.3, 0.4) is 0 Å². The van der Waals surface area contributed by atoms with E-state index in [-0.39, 0.29) is 17.1 Å². The van der Waals surface area contributed by atoms with Crippen molar-refractivity contribution in [2.24, 2.45) is 7.05 Å². The molecule has 0 unspecified atom stereocenters. The highest BCUT2D eigenvalue weighted by atomic mass is 32.2. The summed E-state index contributed by atoms with van der Waals surface area (Å²) >= 11 is 1.24. The Hall–Kier alpha value is -2.86. The van der Waals surface area contributed by atoms with E-state index in [9.17, 15) is 9.59 Å². The van der Waals surface area contributed by atoms with E-state index in [1.165, 1.54) is 11.8 Å². The van der Waals surface area contributed by atoms with Crippen LogP contribution in [0.1, 0.15) is 10.4 Å². The third-order valence-electron chi connectivity index (χ3n) is 4.13. The molecule has 2 aromatic heterocycles. The molecule has 1 N–H and O–H groups in total. The summed E-state index contributed by atoms with van der Waals surface area (Å²) in [5.74, 6) is 0.229. The lowest BCUT2D eigenvalue weighted by atomic mass is 10.1. The van der Waals surface area contributed by atoms with Gasteiger partial charge in [-0.25, -0.2) is 4.98 Å². The first-order valence-electron chi connectivity index (χ1n) is 7.82. The lowest BCUT2D eigenvalue weighted by Gasteiger charge is -2.02. The molecule has 124 valence electrons. The molecular weight excluding hydrogens is 334 g/mol. The van der Waals surface area contributed by atoms with Crippen LogP contribution >= 0.6 is 11.8 Å². The van der Waals surface area contributed by atoms with Gasteiger partial charge in [0.2, 0.25) is 0 Å². The normalized spacial score (nSPS) is 11.2. The molecule has 0 amide bonds. The monoisotopic (exact) mass is 349 g/mol. The van der Waals surface area contributed by atoms with Crippen molar-refractivity contribution in [2.75, 3.05) is 5.75 Å². The molecule has 0 saturated carbocycles. The smallest absolute Gasteiger partial charge is 0.259 e. The number of nitrogens with zero attached hydrogens (tertiary/aromatic N) is 2. The van der Waals surface area contributed by atoms with E-state index in [1.807, 2.05) is 48.1 Å². The second-order valence-corrected chi connectivity index (χ2v) is 6.73. The second-order valence-electron chi connectivity index (χ2n) is 5.77. The number of aryl methyl sites for hydroxylation is 1. The highest BCUT2D eigenvalue weighted by Gasteiger charge is 2.14. The van der Waals surface area contributed by atoms with Crippen molar-refractivity contribution in [3.05, 3.63) is 70.6 Å². The van der Waals surface area contributed by atoms with Crippen molar-refractivity contribution < 1.29 is 4.79 Å². The summed E-state index contributed by atoms with van der Waals surface area (Å²) < 4.78 is 1.95. The number of aromatic nitrogens is 3. The molecule has 4 aromatic rings. The minimum atomic E-state index is -0.189. The zero-order chi connectivity index (χ0) is 17.4. The molecule has 0 saturated heterocycles. The number of benzene rings is 2. The second kappa shape index (κ2) is 6.22. The Bertz CT molecular complexity index is 1160. The fourth-order valence-corrected chi connectivity index (χ4v) is 3.66. The van der Waals surface area contributed by atoms with E-state index < -0.39 is 0 Å². The fraction of sp³-hybridized carbons (Fsp3) is 0.105. The van der Waals surface area contributed by atoms with Gasteiger partial charge >= 0.3 is 0 Å². The van der Waals surface area contributed by atoms with Gasteiger partial charge < -0.3 is 9.55 Å². The highest BCUT2D eigenvalue weighted by Crippen LogP contribution is 2.23. The van der Waals surface area contributed by atoms with Crippen LogP contribution in [0.4, 0.5) is 0 Å². The Kier molecular flexibility index (Phi) is 3.89. The van der Waals surface area contributed by atoms with Gasteiger partial charge in [0.25, 0.3) is 5.56 Å². The Morgan fingerprint density at radius 1 is 1.12 bits per heavy atom. The summed E-state index contributed by atoms with van der Waals surface area (Å²) in [5, 5.41) is 1.94. The third-order valence-corrected chi connectivity index (χ3v) is 5.00. The fourth-order valence-electron chi connectivity index (χ4n) is 2.91. The summed E-state index contributed by atoms with van der Waals surface area (Å²) in [6, 6.07) is 15.0. The Morgan fingerprint density at radius 3 is 2.68 bits per heavy atom. The van der Waals surface area contributed by atoms with Gasteiger partial charge in [-0.05, 0) is 18.2 Å². The summed E-state index contributed by atoms with van der Waals surface area (Å²) in [5.41, 5.74) is 2.15. The molecule has 0 aliphatic heterocycles. The number of Topliss-reactive ketones (excluding diaryl/α,β-unsaturated/α-hetero) is 1.